The largest absolute Gasteiger partial charge is 0.477 e. The molecule has 0 aromatic heterocycles. The molecule has 15 heavy (non-hydrogen) atoms. The Balaban J connectivity index is 3.20. The van der Waals surface area contributed by atoms with Crippen LogP contribution in [0.3, 0.4) is 0 Å². The molecule has 0 amide bonds. The van der Waals surface area contributed by atoms with Crippen LogP contribution in [0.15, 0.2) is 0 Å². The van der Waals surface area contributed by atoms with E-state index in [-0.39, 0.29) is 12.8 Å². The lowest BCUT2D eigenvalue weighted by molar-refractivity contribution is 0.486. The van der Waals surface area contributed by atoms with Crippen molar-refractivity contribution in [3.8, 4) is 0 Å². The Labute approximate surface area is 87.0 Å². The van der Waals surface area contributed by atoms with Gasteiger partial charge in [0, 0.05) is 0 Å². The van der Waals surface area contributed by atoms with Crippen LogP contribution in [0.5, 0.6) is 0 Å². The third kappa shape index (κ3) is 2.36. The summed E-state index contributed by atoms with van der Waals surface area (Å²) in [5.74, 6) is 0. The van der Waals surface area contributed by atoms with Crippen molar-refractivity contribution in [2.75, 3.05) is 0 Å². The third-order valence-electron chi connectivity index (χ3n) is 2.50. The fourth-order valence-electron chi connectivity index (χ4n) is 1.75. The summed E-state index contributed by atoms with van der Waals surface area (Å²) >= 11 is 0. The summed E-state index contributed by atoms with van der Waals surface area (Å²) in [7, 11) is -10.2. The van der Waals surface area contributed by atoms with Gasteiger partial charge in [-0.3, -0.25) is 0 Å². The summed E-state index contributed by atoms with van der Waals surface area (Å²) < 4.78 is 68.6. The van der Waals surface area contributed by atoms with E-state index in [1.165, 1.54) is 0 Å². The molecule has 1 N–H and O–H groups in total. The van der Waals surface area contributed by atoms with Gasteiger partial charge in [-0.25, -0.2) is 4.55 Å². The van der Waals surface area contributed by atoms with Gasteiger partial charge >= 0.3 is 14.5 Å². The Morgan fingerprint density at radius 2 is 1.67 bits per heavy atom. The van der Waals surface area contributed by atoms with Crippen molar-refractivity contribution in [1.82, 2.24) is 0 Å². The first-order valence-electron chi connectivity index (χ1n) is 4.47. The van der Waals surface area contributed by atoms with Gasteiger partial charge in [0.15, 0.2) is 0 Å². The first-order chi connectivity index (χ1) is 6.80. The molecule has 1 atom stereocenters. The van der Waals surface area contributed by atoms with Gasteiger partial charge in [-0.1, -0.05) is 6.42 Å². The predicted octanol–water partition coefficient (Wildman–Crippen LogP) is 2.19. The monoisotopic (exact) mass is 265 g/mol. The molecule has 0 aliphatic heterocycles. The van der Waals surface area contributed by atoms with Crippen molar-refractivity contribution in [2.45, 2.75) is 37.4 Å². The Morgan fingerprint density at radius 3 is 2.00 bits per heavy atom. The lowest BCUT2D eigenvalue weighted by atomic mass is 10.0. The SMILES string of the molecule is O=S(=O)(O)[S+](F)(=C(F)F)C1CCCCC1. The fourth-order valence-corrected chi connectivity index (χ4v) is 5.53. The quantitative estimate of drug-likeness (QED) is 0.274. The number of hydrogen-bond donors (Lipinski definition) is 1. The highest BCUT2D eigenvalue weighted by atomic mass is 33.2. The fraction of sp³-hybridized carbons (Fsp3) is 0.857. The van der Waals surface area contributed by atoms with E-state index in [4.69, 9.17) is 4.55 Å². The van der Waals surface area contributed by atoms with E-state index >= 15 is 0 Å². The minimum absolute atomic E-state index is 0.0863. The van der Waals surface area contributed by atoms with Crippen LogP contribution >= 0.6 is 0 Å². The second-order valence-electron chi connectivity index (χ2n) is 3.44. The van der Waals surface area contributed by atoms with Gasteiger partial charge in [0.05, 0.1) is 0 Å². The molecular formula is C7H12F3O3S2+. The molecule has 1 saturated carbocycles. The van der Waals surface area contributed by atoms with Gasteiger partial charge < -0.3 is 0 Å². The molecule has 1 unspecified atom stereocenters. The number of rotatable bonds is 2. The summed E-state index contributed by atoms with van der Waals surface area (Å²) in [4.78, 5) is 0. The number of hydrogen-bond acceptors (Lipinski definition) is 2. The molecule has 1 aliphatic rings. The molecule has 1 fully saturated rings. The summed E-state index contributed by atoms with van der Waals surface area (Å²) in [6.07, 6.45) is 2.00. The van der Waals surface area contributed by atoms with Gasteiger partial charge in [0.25, 0.3) is 9.04 Å². The van der Waals surface area contributed by atoms with Crippen LogP contribution in [-0.4, -0.2) is 23.6 Å². The Hall–Kier alpha value is -0.0800. The van der Waals surface area contributed by atoms with Crippen molar-refractivity contribution in [1.29, 1.82) is 0 Å². The van der Waals surface area contributed by atoms with E-state index in [0.29, 0.717) is 12.8 Å². The molecule has 1 aliphatic carbocycles. The van der Waals surface area contributed by atoms with Crippen LogP contribution < -0.4 is 0 Å². The molecule has 0 bridgehead atoms. The summed E-state index contributed by atoms with van der Waals surface area (Å²) in [5.41, 5.74) is 0. The Kier molecular flexibility index (Phi) is 3.83. The Bertz CT molecular complexity index is 380. The van der Waals surface area contributed by atoms with Gasteiger partial charge in [-0.05, 0) is 29.6 Å². The van der Waals surface area contributed by atoms with E-state index in [2.05, 4.69) is 0 Å². The number of halogens is 3. The molecule has 0 saturated heterocycles. The normalized spacial score (nSPS) is 23.5. The lowest BCUT2D eigenvalue weighted by Gasteiger charge is -2.20. The highest BCUT2D eigenvalue weighted by Crippen LogP contribution is 2.35. The highest BCUT2D eigenvalue weighted by Gasteiger charge is 2.53. The van der Waals surface area contributed by atoms with Crippen LogP contribution in [-0.2, 0) is 18.2 Å². The van der Waals surface area contributed by atoms with Crippen LogP contribution in [0, 0.1) is 0 Å². The van der Waals surface area contributed by atoms with Crippen molar-refractivity contribution in [2.24, 2.45) is 0 Å². The topological polar surface area (TPSA) is 54.4 Å². The maximum absolute atomic E-state index is 13.8. The molecule has 0 aromatic rings. The van der Waals surface area contributed by atoms with Crippen LogP contribution in [0.25, 0.3) is 0 Å². The minimum atomic E-state index is -5.33. The predicted molar refractivity (Wildman–Crippen MR) is 54.1 cm³/mol. The van der Waals surface area contributed by atoms with Crippen molar-refractivity contribution in [3.63, 3.8) is 0 Å². The van der Waals surface area contributed by atoms with E-state index in [9.17, 15) is 21.1 Å². The second-order valence-corrected chi connectivity index (χ2v) is 9.04. The van der Waals surface area contributed by atoms with Crippen LogP contribution in [0.1, 0.15) is 32.1 Å². The van der Waals surface area contributed by atoms with Crippen molar-refractivity contribution in [3.05, 3.63) is 0 Å². The van der Waals surface area contributed by atoms with E-state index in [0.717, 1.165) is 6.42 Å². The molecule has 3 nitrogen and oxygen atoms in total. The Morgan fingerprint density at radius 1 is 1.20 bits per heavy atom. The minimum Gasteiger partial charge on any atom is -0.247 e. The zero-order valence-electron chi connectivity index (χ0n) is 7.83. The van der Waals surface area contributed by atoms with E-state index < -0.39 is 28.8 Å². The molecule has 0 radical (unpaired) electrons. The molecule has 0 spiro atoms. The van der Waals surface area contributed by atoms with E-state index in [1.807, 2.05) is 0 Å². The van der Waals surface area contributed by atoms with Crippen molar-refractivity contribution < 1.29 is 25.6 Å². The standard InChI is InChI=1S/C7H11F3O3S2/c8-7(9)14(10,15(11,12)13)6-4-2-1-3-5-6/h6H,1-5H2/p+1. The maximum atomic E-state index is 13.8. The van der Waals surface area contributed by atoms with Gasteiger partial charge in [0.1, 0.15) is 5.25 Å². The average molecular weight is 265 g/mol. The lowest BCUT2D eigenvalue weighted by Crippen LogP contribution is -2.36. The maximum Gasteiger partial charge on any atom is 0.477 e. The van der Waals surface area contributed by atoms with Crippen LogP contribution in [0.2, 0.25) is 0 Å². The summed E-state index contributed by atoms with van der Waals surface area (Å²) in [6, 6.07) is 0. The second kappa shape index (κ2) is 4.42. The summed E-state index contributed by atoms with van der Waals surface area (Å²) in [6.45, 7) is 0. The van der Waals surface area contributed by atoms with Crippen molar-refractivity contribution >= 4 is 23.6 Å². The molecule has 8 heteroatoms. The molecule has 0 aromatic carbocycles. The van der Waals surface area contributed by atoms with Gasteiger partial charge in [-0.2, -0.15) is 8.42 Å². The van der Waals surface area contributed by atoms with Gasteiger partial charge in [0.2, 0.25) is 0 Å². The first-order valence-corrected chi connectivity index (χ1v) is 8.02. The van der Waals surface area contributed by atoms with Gasteiger partial charge in [-0.15, -0.1) is 8.78 Å². The average Bonchev–Trinajstić information content (AvgIpc) is 2.16. The zero-order chi connectivity index (χ0) is 11.7. The molecule has 0 heterocycles. The zero-order valence-corrected chi connectivity index (χ0v) is 9.46. The molecule has 90 valence electrons. The highest BCUT2D eigenvalue weighted by molar-refractivity contribution is 8.72. The van der Waals surface area contributed by atoms with E-state index in [1.54, 1.807) is 0 Å². The molecular weight excluding hydrogens is 253 g/mol. The summed E-state index contributed by atoms with van der Waals surface area (Å²) in [5, 5.41) is -4.05. The van der Waals surface area contributed by atoms with Crippen LogP contribution in [0.4, 0.5) is 12.7 Å². The first kappa shape index (κ1) is 13.0. The third-order valence-corrected chi connectivity index (χ3v) is 7.89. The smallest absolute Gasteiger partial charge is 0.247 e. The molecule has 1 rings (SSSR count).